The summed E-state index contributed by atoms with van der Waals surface area (Å²) >= 11 is 0. The number of azo groups is 1. The lowest BCUT2D eigenvalue weighted by atomic mass is 10.1. The van der Waals surface area contributed by atoms with Crippen LogP contribution in [0.25, 0.3) is 0 Å². The monoisotopic (exact) mass is 253 g/mol. The fraction of sp³-hybridized carbons (Fsp3) is 0. The summed E-state index contributed by atoms with van der Waals surface area (Å²) < 4.78 is 0. The van der Waals surface area contributed by atoms with Crippen LogP contribution in [0.1, 0.15) is 10.4 Å². The van der Waals surface area contributed by atoms with Gasteiger partial charge >= 0.3 is 0 Å². The Bertz CT molecular complexity index is 607. The van der Waals surface area contributed by atoms with Gasteiger partial charge in [-0.25, -0.2) is 0 Å². The van der Waals surface area contributed by atoms with Gasteiger partial charge in [-0.1, -0.05) is 18.2 Å². The quantitative estimate of drug-likeness (QED) is 0.392. The summed E-state index contributed by atoms with van der Waals surface area (Å²) in [6.07, 6.45) is 3.64. The third kappa shape index (κ3) is 3.32. The van der Waals surface area contributed by atoms with Crippen molar-refractivity contribution in [2.24, 2.45) is 10.2 Å². The van der Waals surface area contributed by atoms with Crippen molar-refractivity contribution >= 4 is 11.5 Å². The van der Waals surface area contributed by atoms with Crippen molar-refractivity contribution in [2.75, 3.05) is 0 Å². The van der Waals surface area contributed by atoms with Gasteiger partial charge in [-0.05, 0) is 24.3 Å². The molecule has 0 unspecified atom stereocenters. The van der Waals surface area contributed by atoms with E-state index in [1.807, 2.05) is 6.07 Å². The molecule has 0 aliphatic carbocycles. The highest BCUT2D eigenvalue weighted by molar-refractivity contribution is 6.08. The number of allylic oxidation sites excluding steroid dienone is 1. The van der Waals surface area contributed by atoms with Crippen LogP contribution in [-0.4, -0.2) is 15.9 Å². The highest BCUT2D eigenvalue weighted by Crippen LogP contribution is 2.14. The van der Waals surface area contributed by atoms with Crippen LogP contribution in [0.15, 0.2) is 77.0 Å². The smallest absolute Gasteiger partial charge is 0.216 e. The van der Waals surface area contributed by atoms with Crippen LogP contribution in [0.2, 0.25) is 0 Å². The SMILES string of the molecule is O=C(/C(=C/O)N=Nc1ccccc1)c1ccncc1. The standard InChI is InChI=1S/C14H11N3O2/c18-10-13(14(19)11-6-8-15-9-7-11)17-16-12-4-2-1-3-5-12/h1-10,18H/b13-10-,17-16?. The van der Waals surface area contributed by atoms with Crippen molar-refractivity contribution in [3.05, 3.63) is 72.4 Å². The van der Waals surface area contributed by atoms with Crippen LogP contribution in [-0.2, 0) is 0 Å². The summed E-state index contributed by atoms with van der Waals surface area (Å²) in [6.45, 7) is 0. The number of hydrogen-bond acceptors (Lipinski definition) is 5. The number of Topliss-reactive ketones (excluding diaryl/α,β-unsaturated/α-hetero) is 1. The minimum absolute atomic E-state index is 0.130. The topological polar surface area (TPSA) is 74.9 Å². The van der Waals surface area contributed by atoms with Gasteiger partial charge in [-0.15, -0.1) is 5.11 Å². The second kappa shape index (κ2) is 6.20. The molecule has 2 aromatic rings. The van der Waals surface area contributed by atoms with Crippen molar-refractivity contribution in [2.45, 2.75) is 0 Å². The largest absolute Gasteiger partial charge is 0.513 e. The first-order valence-corrected chi connectivity index (χ1v) is 5.57. The van der Waals surface area contributed by atoms with Crippen LogP contribution in [0.5, 0.6) is 0 Å². The van der Waals surface area contributed by atoms with Crippen LogP contribution >= 0.6 is 0 Å². The van der Waals surface area contributed by atoms with Crippen molar-refractivity contribution in [3.63, 3.8) is 0 Å². The van der Waals surface area contributed by atoms with Gasteiger partial charge in [0.1, 0.15) is 6.26 Å². The van der Waals surface area contributed by atoms with E-state index >= 15 is 0 Å². The Morgan fingerprint density at radius 2 is 1.79 bits per heavy atom. The van der Waals surface area contributed by atoms with E-state index in [1.165, 1.54) is 12.4 Å². The molecule has 0 atom stereocenters. The predicted molar refractivity (Wildman–Crippen MR) is 70.2 cm³/mol. The second-order valence-electron chi connectivity index (χ2n) is 3.61. The lowest BCUT2D eigenvalue weighted by Crippen LogP contribution is -2.01. The van der Waals surface area contributed by atoms with Gasteiger partial charge in [-0.3, -0.25) is 9.78 Å². The Kier molecular flexibility index (Phi) is 4.12. The van der Waals surface area contributed by atoms with Crippen LogP contribution in [0.3, 0.4) is 0 Å². The molecule has 0 saturated carbocycles. The van der Waals surface area contributed by atoms with E-state index in [4.69, 9.17) is 5.11 Å². The highest BCUT2D eigenvalue weighted by Gasteiger charge is 2.11. The van der Waals surface area contributed by atoms with Crippen molar-refractivity contribution in [3.8, 4) is 0 Å². The van der Waals surface area contributed by atoms with Gasteiger partial charge in [-0.2, -0.15) is 5.11 Å². The first kappa shape index (κ1) is 12.6. The van der Waals surface area contributed by atoms with Crippen molar-refractivity contribution in [1.29, 1.82) is 0 Å². The van der Waals surface area contributed by atoms with E-state index in [1.54, 1.807) is 36.4 Å². The number of ketones is 1. The number of benzene rings is 1. The van der Waals surface area contributed by atoms with Gasteiger partial charge in [0.05, 0.1) is 5.69 Å². The first-order valence-electron chi connectivity index (χ1n) is 5.57. The van der Waals surface area contributed by atoms with Gasteiger partial charge < -0.3 is 5.11 Å². The molecule has 0 fully saturated rings. The Labute approximate surface area is 110 Å². The molecule has 0 aliphatic heterocycles. The number of rotatable bonds is 4. The minimum Gasteiger partial charge on any atom is -0.513 e. The molecule has 5 heteroatoms. The Morgan fingerprint density at radius 1 is 1.11 bits per heavy atom. The Hall–Kier alpha value is -2.82. The van der Waals surface area contributed by atoms with Crippen LogP contribution in [0.4, 0.5) is 5.69 Å². The maximum absolute atomic E-state index is 12.0. The summed E-state index contributed by atoms with van der Waals surface area (Å²) in [5.41, 5.74) is 0.863. The molecule has 0 radical (unpaired) electrons. The molecule has 19 heavy (non-hydrogen) atoms. The lowest BCUT2D eigenvalue weighted by Gasteiger charge is -1.98. The Balaban J connectivity index is 2.18. The molecule has 1 aromatic carbocycles. The maximum Gasteiger partial charge on any atom is 0.216 e. The molecular formula is C14H11N3O2. The number of aliphatic hydroxyl groups is 1. The van der Waals surface area contributed by atoms with Gasteiger partial charge in [0.2, 0.25) is 5.78 Å². The second-order valence-corrected chi connectivity index (χ2v) is 3.61. The van der Waals surface area contributed by atoms with Crippen molar-refractivity contribution < 1.29 is 9.90 Å². The molecular weight excluding hydrogens is 242 g/mol. The van der Waals surface area contributed by atoms with Gasteiger partial charge in [0, 0.05) is 18.0 Å². The molecule has 2 rings (SSSR count). The molecule has 1 aromatic heterocycles. The van der Waals surface area contributed by atoms with Crippen LogP contribution in [0, 0.1) is 0 Å². The highest BCUT2D eigenvalue weighted by atomic mass is 16.2. The first-order chi connectivity index (χ1) is 9.31. The van der Waals surface area contributed by atoms with Crippen molar-refractivity contribution in [1.82, 2.24) is 4.98 Å². The normalized spacial score (nSPS) is 11.7. The van der Waals surface area contributed by atoms with E-state index in [0.717, 1.165) is 0 Å². The fourth-order valence-electron chi connectivity index (χ4n) is 1.39. The van der Waals surface area contributed by atoms with Crippen LogP contribution < -0.4 is 0 Å². The molecule has 1 N–H and O–H groups in total. The number of hydrogen-bond donors (Lipinski definition) is 1. The number of carbonyl (C=O) groups is 1. The van der Waals surface area contributed by atoms with E-state index in [9.17, 15) is 4.79 Å². The summed E-state index contributed by atoms with van der Waals surface area (Å²) in [7, 11) is 0. The zero-order chi connectivity index (χ0) is 13.5. The molecule has 0 aliphatic rings. The average molecular weight is 253 g/mol. The molecule has 1 heterocycles. The van der Waals surface area contributed by atoms with E-state index in [-0.39, 0.29) is 5.70 Å². The number of aliphatic hydroxyl groups excluding tert-OH is 1. The molecule has 0 saturated heterocycles. The molecule has 0 spiro atoms. The number of carbonyl (C=O) groups excluding carboxylic acids is 1. The summed E-state index contributed by atoms with van der Waals surface area (Å²) in [5, 5.41) is 16.7. The zero-order valence-corrected chi connectivity index (χ0v) is 9.97. The zero-order valence-electron chi connectivity index (χ0n) is 9.97. The number of pyridine rings is 1. The lowest BCUT2D eigenvalue weighted by molar-refractivity contribution is 0.102. The van der Waals surface area contributed by atoms with E-state index in [0.29, 0.717) is 17.5 Å². The summed E-state index contributed by atoms with van der Waals surface area (Å²) in [6, 6.07) is 12.0. The third-order valence-electron chi connectivity index (χ3n) is 2.33. The molecule has 0 bridgehead atoms. The summed E-state index contributed by atoms with van der Waals surface area (Å²) in [4.78, 5) is 15.8. The van der Waals surface area contributed by atoms with Gasteiger partial charge in [0.25, 0.3) is 0 Å². The number of aromatic nitrogens is 1. The predicted octanol–water partition coefficient (Wildman–Crippen LogP) is 3.45. The third-order valence-corrected chi connectivity index (χ3v) is 2.33. The summed E-state index contributed by atoms with van der Waals surface area (Å²) in [5.74, 6) is -0.412. The molecule has 0 amide bonds. The molecule has 94 valence electrons. The van der Waals surface area contributed by atoms with Gasteiger partial charge in [0.15, 0.2) is 5.70 Å². The minimum atomic E-state index is -0.412. The molecule has 5 nitrogen and oxygen atoms in total. The number of nitrogens with zero attached hydrogens (tertiary/aromatic N) is 3. The maximum atomic E-state index is 12.0. The fourth-order valence-corrected chi connectivity index (χ4v) is 1.39. The van der Waals surface area contributed by atoms with E-state index in [2.05, 4.69) is 15.2 Å². The Morgan fingerprint density at radius 3 is 2.42 bits per heavy atom. The van der Waals surface area contributed by atoms with E-state index < -0.39 is 5.78 Å². The average Bonchev–Trinajstić information content (AvgIpc) is 2.49.